The van der Waals surface area contributed by atoms with Crippen molar-refractivity contribution >= 4 is 23.4 Å². The third kappa shape index (κ3) is 7.53. The molecule has 8 nitrogen and oxygen atoms in total. The zero-order valence-electron chi connectivity index (χ0n) is 19.9. The van der Waals surface area contributed by atoms with Gasteiger partial charge in [-0.15, -0.1) is 0 Å². The van der Waals surface area contributed by atoms with Gasteiger partial charge in [-0.1, -0.05) is 60.7 Å². The van der Waals surface area contributed by atoms with Crippen molar-refractivity contribution in [1.82, 2.24) is 10.6 Å². The van der Waals surface area contributed by atoms with Gasteiger partial charge in [0.05, 0.1) is 12.7 Å². The van der Waals surface area contributed by atoms with E-state index in [4.69, 9.17) is 4.74 Å². The summed E-state index contributed by atoms with van der Waals surface area (Å²) in [6, 6.07) is 21.4. The predicted octanol–water partition coefficient (Wildman–Crippen LogP) is 2.98. The van der Waals surface area contributed by atoms with Crippen LogP contribution in [-0.4, -0.2) is 41.6 Å². The minimum Gasteiger partial charge on any atom is -0.507 e. The molecular weight excluding hydrogens is 460 g/mol. The molecule has 1 atom stereocenters. The quantitative estimate of drug-likeness (QED) is 0.266. The number of carbonyl (C=O) groups is 4. The summed E-state index contributed by atoms with van der Waals surface area (Å²) in [4.78, 5) is 50.6. The van der Waals surface area contributed by atoms with Crippen LogP contribution in [0, 0.1) is 0 Å². The summed E-state index contributed by atoms with van der Waals surface area (Å²) in [7, 11) is 1.44. The van der Waals surface area contributed by atoms with Gasteiger partial charge in [0.25, 0.3) is 5.91 Å². The standard InChI is InChI=1S/C28H28N2O6/c1-36-21-12-13-22(25(32)17-21)24(31)14-15-26(33)30-23(16-19-8-4-2-5-9-19)27(34)28(35)29-18-20-10-6-3-7-11-20/h2-13,17,23,32H,14-16,18H2,1H3,(H,29,35)(H,30,33)/t23-/m0/s1. The molecule has 3 rings (SSSR count). The third-order valence-electron chi connectivity index (χ3n) is 5.54. The molecule has 0 bridgehead atoms. The van der Waals surface area contributed by atoms with Crippen molar-refractivity contribution in [3.8, 4) is 11.5 Å². The van der Waals surface area contributed by atoms with Crippen molar-refractivity contribution in [3.05, 3.63) is 95.6 Å². The van der Waals surface area contributed by atoms with E-state index in [0.29, 0.717) is 5.75 Å². The van der Waals surface area contributed by atoms with E-state index < -0.39 is 29.4 Å². The third-order valence-corrected chi connectivity index (χ3v) is 5.54. The van der Waals surface area contributed by atoms with Crippen LogP contribution in [0.1, 0.15) is 34.3 Å². The molecule has 3 N–H and O–H groups in total. The molecule has 0 aliphatic heterocycles. The van der Waals surface area contributed by atoms with E-state index >= 15 is 0 Å². The zero-order chi connectivity index (χ0) is 25.9. The highest BCUT2D eigenvalue weighted by Gasteiger charge is 2.27. The highest BCUT2D eigenvalue weighted by atomic mass is 16.5. The zero-order valence-corrected chi connectivity index (χ0v) is 19.9. The minimum absolute atomic E-state index is 0.0702. The molecule has 0 radical (unpaired) electrons. The Morgan fingerprint density at radius 1 is 0.861 bits per heavy atom. The van der Waals surface area contributed by atoms with Crippen LogP contribution in [0.25, 0.3) is 0 Å². The summed E-state index contributed by atoms with van der Waals surface area (Å²) in [5.41, 5.74) is 1.68. The maximum absolute atomic E-state index is 12.9. The van der Waals surface area contributed by atoms with Crippen LogP contribution in [0.4, 0.5) is 0 Å². The van der Waals surface area contributed by atoms with Gasteiger partial charge in [-0.25, -0.2) is 0 Å². The van der Waals surface area contributed by atoms with E-state index in [1.54, 1.807) is 24.3 Å². The lowest BCUT2D eigenvalue weighted by atomic mass is 10.0. The number of benzene rings is 3. The van der Waals surface area contributed by atoms with Crippen molar-refractivity contribution in [1.29, 1.82) is 0 Å². The fraction of sp³-hybridized carbons (Fsp3) is 0.214. The summed E-state index contributed by atoms with van der Waals surface area (Å²) in [6.07, 6.45) is -0.274. The van der Waals surface area contributed by atoms with Gasteiger partial charge in [-0.05, 0) is 23.3 Å². The molecular formula is C28H28N2O6. The van der Waals surface area contributed by atoms with E-state index in [1.165, 1.54) is 25.3 Å². The minimum atomic E-state index is -1.10. The number of hydrogen-bond acceptors (Lipinski definition) is 6. The molecule has 0 unspecified atom stereocenters. The fourth-order valence-electron chi connectivity index (χ4n) is 3.59. The molecule has 3 aromatic rings. The molecule has 186 valence electrons. The number of phenols is 1. The molecule has 0 fully saturated rings. The van der Waals surface area contributed by atoms with Gasteiger partial charge in [0.2, 0.25) is 11.7 Å². The summed E-state index contributed by atoms with van der Waals surface area (Å²) in [5.74, 6) is -2.42. The monoisotopic (exact) mass is 488 g/mol. The Labute approximate surface area is 209 Å². The normalized spacial score (nSPS) is 11.2. The van der Waals surface area contributed by atoms with Crippen LogP contribution in [-0.2, 0) is 27.3 Å². The molecule has 2 amide bonds. The van der Waals surface area contributed by atoms with Crippen molar-refractivity contribution in [3.63, 3.8) is 0 Å². The van der Waals surface area contributed by atoms with E-state index in [0.717, 1.165) is 11.1 Å². The number of ketones is 2. The fourth-order valence-corrected chi connectivity index (χ4v) is 3.59. The smallest absolute Gasteiger partial charge is 0.289 e. The number of carbonyl (C=O) groups excluding carboxylic acids is 4. The highest BCUT2D eigenvalue weighted by molar-refractivity contribution is 6.38. The average molecular weight is 489 g/mol. The van der Waals surface area contributed by atoms with Crippen LogP contribution < -0.4 is 15.4 Å². The van der Waals surface area contributed by atoms with E-state index in [2.05, 4.69) is 10.6 Å². The number of hydrogen-bond donors (Lipinski definition) is 3. The Hall–Kier alpha value is -4.46. The van der Waals surface area contributed by atoms with Crippen LogP contribution >= 0.6 is 0 Å². The molecule has 0 heterocycles. The number of methoxy groups -OCH3 is 1. The van der Waals surface area contributed by atoms with Gasteiger partial charge in [0.1, 0.15) is 17.5 Å². The largest absolute Gasteiger partial charge is 0.507 e. The second kappa shape index (κ2) is 12.9. The Balaban J connectivity index is 1.63. The van der Waals surface area contributed by atoms with E-state index in [1.807, 2.05) is 36.4 Å². The molecule has 0 aromatic heterocycles. The second-order valence-corrected chi connectivity index (χ2v) is 8.15. The van der Waals surface area contributed by atoms with Gasteiger partial charge in [-0.2, -0.15) is 0 Å². The maximum atomic E-state index is 12.9. The molecule has 0 saturated carbocycles. The summed E-state index contributed by atoms with van der Waals surface area (Å²) in [5, 5.41) is 15.2. The SMILES string of the molecule is COc1ccc(C(=O)CCC(=O)N[C@@H](Cc2ccccc2)C(=O)C(=O)NCc2ccccc2)c(O)c1. The van der Waals surface area contributed by atoms with Crippen molar-refractivity contribution in [2.45, 2.75) is 31.8 Å². The first-order chi connectivity index (χ1) is 17.4. The summed E-state index contributed by atoms with van der Waals surface area (Å²) >= 11 is 0. The van der Waals surface area contributed by atoms with Gasteiger partial charge < -0.3 is 20.5 Å². The molecule has 0 saturated heterocycles. The number of Topliss-reactive ketones (excluding diaryl/α,β-unsaturated/α-hetero) is 2. The summed E-state index contributed by atoms with van der Waals surface area (Å²) < 4.78 is 5.00. The van der Waals surface area contributed by atoms with Gasteiger partial charge in [0.15, 0.2) is 5.78 Å². The molecule has 0 aliphatic rings. The topological polar surface area (TPSA) is 122 Å². The number of amides is 2. The Morgan fingerprint density at radius 3 is 2.11 bits per heavy atom. The van der Waals surface area contributed by atoms with Gasteiger partial charge in [-0.3, -0.25) is 19.2 Å². The second-order valence-electron chi connectivity index (χ2n) is 8.15. The molecule has 0 aliphatic carbocycles. The molecule has 0 spiro atoms. The number of rotatable bonds is 12. The number of aromatic hydroxyl groups is 1. The number of phenolic OH excluding ortho intramolecular Hbond substituents is 1. The highest BCUT2D eigenvalue weighted by Crippen LogP contribution is 2.24. The van der Waals surface area contributed by atoms with Crippen LogP contribution in [0.3, 0.4) is 0 Å². The lowest BCUT2D eigenvalue weighted by Crippen LogP contribution is -2.48. The van der Waals surface area contributed by atoms with Crippen LogP contribution in [0.5, 0.6) is 11.5 Å². The first-order valence-electron chi connectivity index (χ1n) is 11.5. The molecule has 8 heteroatoms. The number of nitrogens with one attached hydrogen (secondary N) is 2. The Kier molecular flexibility index (Phi) is 9.33. The van der Waals surface area contributed by atoms with Crippen molar-refractivity contribution < 1.29 is 29.0 Å². The first-order valence-corrected chi connectivity index (χ1v) is 11.5. The van der Waals surface area contributed by atoms with E-state index in [9.17, 15) is 24.3 Å². The predicted molar refractivity (Wildman–Crippen MR) is 134 cm³/mol. The lowest BCUT2D eigenvalue weighted by Gasteiger charge is -2.18. The van der Waals surface area contributed by atoms with Crippen LogP contribution in [0.15, 0.2) is 78.9 Å². The van der Waals surface area contributed by atoms with E-state index in [-0.39, 0.29) is 37.1 Å². The Morgan fingerprint density at radius 2 is 1.50 bits per heavy atom. The lowest BCUT2D eigenvalue weighted by molar-refractivity contribution is -0.140. The molecule has 3 aromatic carbocycles. The summed E-state index contributed by atoms with van der Waals surface area (Å²) in [6.45, 7) is 0.178. The number of ether oxygens (including phenoxy) is 1. The first kappa shape index (κ1) is 26.2. The van der Waals surface area contributed by atoms with Gasteiger partial charge >= 0.3 is 0 Å². The van der Waals surface area contributed by atoms with Crippen molar-refractivity contribution in [2.24, 2.45) is 0 Å². The average Bonchev–Trinajstić information content (AvgIpc) is 2.90. The van der Waals surface area contributed by atoms with Crippen molar-refractivity contribution in [2.75, 3.05) is 7.11 Å². The van der Waals surface area contributed by atoms with Gasteiger partial charge in [0, 0.05) is 31.9 Å². The maximum Gasteiger partial charge on any atom is 0.289 e. The molecule has 36 heavy (non-hydrogen) atoms. The van der Waals surface area contributed by atoms with Crippen LogP contribution in [0.2, 0.25) is 0 Å². The Bertz CT molecular complexity index is 1210.